The van der Waals surface area contributed by atoms with Crippen molar-refractivity contribution in [3.8, 4) is 17.4 Å². The molecule has 1 aliphatic rings. The molecule has 0 aromatic carbocycles. The van der Waals surface area contributed by atoms with Crippen molar-refractivity contribution in [2.45, 2.75) is 6.18 Å². The van der Waals surface area contributed by atoms with E-state index < -0.39 is 17.3 Å². The van der Waals surface area contributed by atoms with Crippen LogP contribution in [0.15, 0.2) is 41.8 Å². The second-order valence-corrected chi connectivity index (χ2v) is 10.1. The number of alkyl halides is 3. The lowest BCUT2D eigenvalue weighted by molar-refractivity contribution is -0.138. The van der Waals surface area contributed by atoms with Gasteiger partial charge in [-0.1, -0.05) is 11.6 Å². The summed E-state index contributed by atoms with van der Waals surface area (Å²) in [6.07, 6.45) is 2.15. The molecular formula is C26H25ClF3N9O4. The van der Waals surface area contributed by atoms with Crippen molar-refractivity contribution in [2.75, 3.05) is 44.8 Å². The van der Waals surface area contributed by atoms with E-state index in [4.69, 9.17) is 25.8 Å². The van der Waals surface area contributed by atoms with Crippen LogP contribution in [-0.2, 0) is 25.0 Å². The van der Waals surface area contributed by atoms with E-state index >= 15 is 0 Å². The number of hydrogen-bond donors (Lipinski definition) is 1. The van der Waals surface area contributed by atoms with E-state index in [1.807, 2.05) is 0 Å². The van der Waals surface area contributed by atoms with Gasteiger partial charge in [-0.2, -0.15) is 23.3 Å². The molecule has 5 aromatic heterocycles. The minimum Gasteiger partial charge on any atom is -0.475 e. The van der Waals surface area contributed by atoms with Gasteiger partial charge in [0.1, 0.15) is 28.4 Å². The predicted molar refractivity (Wildman–Crippen MR) is 149 cm³/mol. The number of morpholine rings is 1. The average molecular weight is 620 g/mol. The highest BCUT2D eigenvalue weighted by molar-refractivity contribution is 6.36. The average Bonchev–Trinajstić information content (AvgIpc) is 3.52. The van der Waals surface area contributed by atoms with Crippen molar-refractivity contribution < 1.29 is 27.4 Å². The van der Waals surface area contributed by atoms with Crippen LogP contribution < -0.4 is 20.3 Å². The summed E-state index contributed by atoms with van der Waals surface area (Å²) in [5, 5.41) is 7.13. The maximum Gasteiger partial charge on any atom is 0.417 e. The molecule has 0 spiro atoms. The molecule has 0 atom stereocenters. The Morgan fingerprint density at radius 3 is 2.65 bits per heavy atom. The first-order chi connectivity index (χ1) is 20.6. The Morgan fingerprint density at radius 1 is 1.09 bits per heavy atom. The molecule has 5 aromatic rings. The third kappa shape index (κ3) is 5.80. The van der Waals surface area contributed by atoms with Crippen LogP contribution in [0.2, 0.25) is 5.02 Å². The van der Waals surface area contributed by atoms with Crippen molar-refractivity contribution in [1.82, 2.24) is 38.6 Å². The Hall–Kier alpha value is -4.41. The molecule has 43 heavy (non-hydrogen) atoms. The maximum absolute atomic E-state index is 13.3. The summed E-state index contributed by atoms with van der Waals surface area (Å²) in [5.41, 5.74) is -0.911. The minimum atomic E-state index is -4.64. The Kier molecular flexibility index (Phi) is 7.57. The summed E-state index contributed by atoms with van der Waals surface area (Å²) in [6, 6.07) is 0.727. The molecule has 0 unspecified atom stereocenters. The molecule has 17 heteroatoms. The lowest BCUT2D eigenvalue weighted by atomic mass is 10.2. The molecule has 1 aliphatic heterocycles. The molecule has 6 heterocycles. The summed E-state index contributed by atoms with van der Waals surface area (Å²) < 4.78 is 61.0. The molecule has 0 bridgehead atoms. The van der Waals surface area contributed by atoms with Gasteiger partial charge in [0.25, 0.3) is 5.56 Å². The van der Waals surface area contributed by atoms with Gasteiger partial charge < -0.3 is 28.7 Å². The first-order valence-electron chi connectivity index (χ1n) is 13.1. The van der Waals surface area contributed by atoms with Gasteiger partial charge >= 0.3 is 6.18 Å². The second-order valence-electron chi connectivity index (χ2n) is 9.75. The van der Waals surface area contributed by atoms with Gasteiger partial charge in [-0.3, -0.25) is 9.69 Å². The van der Waals surface area contributed by atoms with E-state index in [2.05, 4.69) is 30.3 Å². The zero-order chi connectivity index (χ0) is 30.3. The number of ether oxygens (including phenoxy) is 3. The quantitative estimate of drug-likeness (QED) is 0.275. The number of rotatable bonds is 8. The van der Waals surface area contributed by atoms with Gasteiger partial charge in [0.2, 0.25) is 11.8 Å². The largest absolute Gasteiger partial charge is 0.475 e. The van der Waals surface area contributed by atoms with Crippen LogP contribution in [0.1, 0.15) is 5.56 Å². The number of hydrogen-bond acceptors (Lipinski definition) is 10. The molecular weight excluding hydrogens is 595 g/mol. The highest BCUT2D eigenvalue weighted by Gasteiger charge is 2.32. The Bertz CT molecular complexity index is 1870. The van der Waals surface area contributed by atoms with Gasteiger partial charge in [0.05, 0.1) is 43.6 Å². The van der Waals surface area contributed by atoms with Crippen LogP contribution >= 0.6 is 11.6 Å². The highest BCUT2D eigenvalue weighted by atomic mass is 35.5. The van der Waals surface area contributed by atoms with E-state index in [1.54, 1.807) is 24.0 Å². The van der Waals surface area contributed by atoms with E-state index in [9.17, 15) is 18.0 Å². The predicted octanol–water partition coefficient (Wildman–Crippen LogP) is 3.63. The molecule has 0 radical (unpaired) electrons. The van der Waals surface area contributed by atoms with Crippen molar-refractivity contribution in [3.05, 3.63) is 58.0 Å². The number of nitrogens with zero attached hydrogens (tertiary/aromatic N) is 8. The number of pyridine rings is 2. The first-order valence-corrected chi connectivity index (χ1v) is 13.5. The molecule has 1 N–H and O–H groups in total. The van der Waals surface area contributed by atoms with E-state index in [-0.39, 0.29) is 28.1 Å². The third-order valence-corrected chi connectivity index (χ3v) is 7.25. The summed E-state index contributed by atoms with van der Waals surface area (Å²) in [7, 11) is 2.81. The van der Waals surface area contributed by atoms with Crippen molar-refractivity contribution >= 4 is 39.9 Å². The molecule has 226 valence electrons. The summed E-state index contributed by atoms with van der Waals surface area (Å²) in [5.74, 6) is 0.990. The van der Waals surface area contributed by atoms with Crippen molar-refractivity contribution in [3.63, 3.8) is 0 Å². The van der Waals surface area contributed by atoms with E-state index in [0.717, 1.165) is 36.5 Å². The normalized spacial score (nSPS) is 14.5. The summed E-state index contributed by atoms with van der Waals surface area (Å²) in [6.45, 7) is 4.39. The van der Waals surface area contributed by atoms with Crippen molar-refractivity contribution in [1.29, 1.82) is 0 Å². The smallest absolute Gasteiger partial charge is 0.417 e. The van der Waals surface area contributed by atoms with Crippen LogP contribution in [0.3, 0.4) is 0 Å². The number of nitrogens with one attached hydrogen (secondary N) is 1. The number of aryl methyl sites for hydroxylation is 2. The first kappa shape index (κ1) is 28.7. The Labute approximate surface area is 246 Å². The number of halogens is 4. The van der Waals surface area contributed by atoms with Gasteiger partial charge in [0.15, 0.2) is 17.1 Å². The van der Waals surface area contributed by atoms with Crippen LogP contribution in [-0.4, -0.2) is 78.1 Å². The standard InChI is InChI=1S/C26H25ClF3N9O4/c1-36-13-15(26(28,29)30)9-16(24(36)40)34-25-35-23-22(37(25)2)21(27)19(11-32-23)43-18-12-33-39-14-20(31-10-17(18)39)42-8-5-38-3-6-41-7-4-38/h9-14H,3-8H2,1-2H3,(H,32,34,35). The number of anilines is 2. The third-order valence-electron chi connectivity index (χ3n) is 6.89. The minimum absolute atomic E-state index is 0.0549. The molecule has 13 nitrogen and oxygen atoms in total. The van der Waals surface area contributed by atoms with Gasteiger partial charge in [-0.15, -0.1) is 0 Å². The number of fused-ring (bicyclic) bond motifs is 2. The molecule has 6 rings (SSSR count). The summed E-state index contributed by atoms with van der Waals surface area (Å²) in [4.78, 5) is 27.7. The van der Waals surface area contributed by atoms with E-state index in [1.165, 1.54) is 24.0 Å². The van der Waals surface area contributed by atoms with Crippen LogP contribution in [0.5, 0.6) is 17.4 Å². The molecule has 0 saturated carbocycles. The molecule has 1 fully saturated rings. The topological polar surface area (TPSA) is 126 Å². The second kappa shape index (κ2) is 11.3. The van der Waals surface area contributed by atoms with Crippen molar-refractivity contribution in [2.24, 2.45) is 14.1 Å². The van der Waals surface area contributed by atoms with Crippen LogP contribution in [0, 0.1) is 0 Å². The lowest BCUT2D eigenvalue weighted by Crippen LogP contribution is -2.38. The SMILES string of the molecule is Cn1cc(C(F)(F)F)cc(Nc2nc3ncc(Oc4cnn5cc(OCCN6CCOCC6)ncc45)c(Cl)c3n2C)c1=O. The monoisotopic (exact) mass is 619 g/mol. The fourth-order valence-corrected chi connectivity index (χ4v) is 4.89. The lowest BCUT2D eigenvalue weighted by Gasteiger charge is -2.26. The number of imidazole rings is 1. The molecule has 0 aliphatic carbocycles. The number of aromatic nitrogens is 7. The van der Waals surface area contributed by atoms with Gasteiger partial charge in [-0.05, 0) is 6.07 Å². The Morgan fingerprint density at radius 2 is 1.88 bits per heavy atom. The Balaban J connectivity index is 1.21. The van der Waals surface area contributed by atoms with Crippen LogP contribution in [0.4, 0.5) is 24.8 Å². The zero-order valence-corrected chi connectivity index (χ0v) is 23.7. The zero-order valence-electron chi connectivity index (χ0n) is 22.9. The van der Waals surface area contributed by atoms with E-state index in [0.29, 0.717) is 42.5 Å². The fraction of sp³-hybridized carbons (Fsp3) is 0.346. The van der Waals surface area contributed by atoms with Crippen LogP contribution in [0.25, 0.3) is 16.7 Å². The molecule has 0 amide bonds. The fourth-order valence-electron chi connectivity index (χ4n) is 4.59. The van der Waals surface area contributed by atoms with Gasteiger partial charge in [0, 0.05) is 39.9 Å². The maximum atomic E-state index is 13.3. The van der Waals surface area contributed by atoms with Gasteiger partial charge in [-0.25, -0.2) is 14.5 Å². The highest BCUT2D eigenvalue weighted by Crippen LogP contribution is 2.37. The molecule has 1 saturated heterocycles. The summed E-state index contributed by atoms with van der Waals surface area (Å²) >= 11 is 6.68.